The van der Waals surface area contributed by atoms with Crippen LogP contribution >= 0.6 is 11.6 Å². The number of rotatable bonds is 4. The third-order valence-electron chi connectivity index (χ3n) is 6.05. The van der Waals surface area contributed by atoms with Gasteiger partial charge in [-0.3, -0.25) is 0 Å². The van der Waals surface area contributed by atoms with Crippen LogP contribution < -0.4 is 9.64 Å². The highest BCUT2D eigenvalue weighted by molar-refractivity contribution is 6.30. The van der Waals surface area contributed by atoms with Crippen LogP contribution in [0.3, 0.4) is 0 Å². The van der Waals surface area contributed by atoms with Gasteiger partial charge in [-0.15, -0.1) is 0 Å². The summed E-state index contributed by atoms with van der Waals surface area (Å²) in [5.74, 6) is 0.471. The first-order valence-electron chi connectivity index (χ1n) is 10.9. The first kappa shape index (κ1) is 22.8. The molecule has 1 aromatic carbocycles. The molecule has 0 saturated carbocycles. The van der Waals surface area contributed by atoms with E-state index in [4.69, 9.17) is 25.8 Å². The van der Waals surface area contributed by atoms with Crippen molar-refractivity contribution in [3.05, 3.63) is 46.2 Å². The summed E-state index contributed by atoms with van der Waals surface area (Å²) in [7, 11) is 1.32. The number of anilines is 1. The second-order valence-corrected chi connectivity index (χ2v) is 8.56. The summed E-state index contributed by atoms with van der Waals surface area (Å²) in [5.41, 5.74) is 2.34. The van der Waals surface area contributed by atoms with Crippen LogP contribution in [0.4, 0.5) is 5.82 Å². The lowest BCUT2D eigenvalue weighted by molar-refractivity contribution is 0.0409. The van der Waals surface area contributed by atoms with Gasteiger partial charge in [0.2, 0.25) is 0 Å². The second-order valence-electron chi connectivity index (χ2n) is 8.12. The molecule has 0 aliphatic carbocycles. The van der Waals surface area contributed by atoms with E-state index in [9.17, 15) is 9.90 Å². The zero-order chi connectivity index (χ0) is 22.5. The molecule has 172 valence electrons. The average Bonchev–Trinajstić information content (AvgIpc) is 3.25. The minimum absolute atomic E-state index is 0.0220. The molecule has 2 atom stereocenters. The zero-order valence-electron chi connectivity index (χ0n) is 18.1. The van der Waals surface area contributed by atoms with Gasteiger partial charge in [0.05, 0.1) is 26.0 Å². The van der Waals surface area contributed by atoms with Crippen molar-refractivity contribution >= 4 is 23.4 Å². The van der Waals surface area contributed by atoms with E-state index in [1.165, 1.54) is 13.3 Å². The van der Waals surface area contributed by atoms with Crippen molar-refractivity contribution < 1.29 is 24.1 Å². The summed E-state index contributed by atoms with van der Waals surface area (Å²) in [6.45, 7) is 2.26. The van der Waals surface area contributed by atoms with Crippen molar-refractivity contribution in [3.63, 3.8) is 0 Å². The molecule has 2 aromatic rings. The lowest BCUT2D eigenvalue weighted by Crippen LogP contribution is -2.36. The number of nitrogens with zero attached hydrogens (tertiary/aromatic N) is 3. The van der Waals surface area contributed by atoms with E-state index in [0.717, 1.165) is 36.8 Å². The molecule has 1 saturated heterocycles. The Morgan fingerprint density at radius 2 is 2.22 bits per heavy atom. The molecule has 8 nitrogen and oxygen atoms in total. The average molecular weight is 462 g/mol. The van der Waals surface area contributed by atoms with Gasteiger partial charge in [-0.2, -0.15) is 0 Å². The van der Waals surface area contributed by atoms with Crippen LogP contribution in [0.1, 0.15) is 40.9 Å². The number of fused-ring (bicyclic) bond motifs is 2. The molecule has 0 amide bonds. The highest BCUT2D eigenvalue weighted by Crippen LogP contribution is 2.31. The number of aliphatic hydroxyl groups excluding tert-OH is 1. The van der Waals surface area contributed by atoms with Gasteiger partial charge in [-0.25, -0.2) is 14.8 Å². The molecule has 4 rings (SSSR count). The normalized spacial score (nSPS) is 21.2. The summed E-state index contributed by atoms with van der Waals surface area (Å²) in [6.07, 6.45) is 4.79. The Morgan fingerprint density at radius 1 is 1.34 bits per heavy atom. The number of aryl methyl sites for hydroxylation is 1. The number of methoxy groups -OCH3 is 1. The summed E-state index contributed by atoms with van der Waals surface area (Å²) in [6, 6.07) is 5.83. The molecular weight excluding hydrogens is 434 g/mol. The van der Waals surface area contributed by atoms with Gasteiger partial charge in [0.25, 0.3) is 5.88 Å². The van der Waals surface area contributed by atoms with Crippen LogP contribution in [0, 0.1) is 5.92 Å². The van der Waals surface area contributed by atoms with E-state index in [-0.39, 0.29) is 24.3 Å². The molecule has 0 radical (unpaired) electrons. The smallest absolute Gasteiger partial charge is 0.358 e. The molecule has 0 unspecified atom stereocenters. The number of ether oxygens (including phenoxy) is 3. The SMILES string of the molecule is COC(=O)c1cnc2c(n1)N(C[C@@H]1CCO[C@H]1CO)CCCCc1cc(Cl)ccc1CO2. The molecule has 2 aliphatic rings. The highest BCUT2D eigenvalue weighted by atomic mass is 35.5. The minimum Gasteiger partial charge on any atom is -0.470 e. The van der Waals surface area contributed by atoms with E-state index in [2.05, 4.69) is 14.9 Å². The molecule has 3 heterocycles. The topological polar surface area (TPSA) is 94.0 Å². The van der Waals surface area contributed by atoms with Gasteiger partial charge in [-0.1, -0.05) is 17.7 Å². The van der Waals surface area contributed by atoms with E-state index >= 15 is 0 Å². The maximum atomic E-state index is 12.1. The number of hydrogen-bond donors (Lipinski definition) is 1. The largest absolute Gasteiger partial charge is 0.470 e. The van der Waals surface area contributed by atoms with Gasteiger partial charge >= 0.3 is 5.97 Å². The zero-order valence-corrected chi connectivity index (χ0v) is 18.9. The van der Waals surface area contributed by atoms with Crippen molar-refractivity contribution in [1.82, 2.24) is 9.97 Å². The number of carbonyl (C=O) groups is 1. The van der Waals surface area contributed by atoms with Crippen molar-refractivity contribution in [3.8, 4) is 5.88 Å². The third kappa shape index (κ3) is 5.14. The van der Waals surface area contributed by atoms with Crippen LogP contribution in [0.25, 0.3) is 0 Å². The van der Waals surface area contributed by atoms with E-state index in [0.29, 0.717) is 43.0 Å². The lowest BCUT2D eigenvalue weighted by atomic mass is 10.0. The lowest BCUT2D eigenvalue weighted by Gasteiger charge is -2.29. The van der Waals surface area contributed by atoms with Crippen LogP contribution in [0.5, 0.6) is 5.88 Å². The number of benzene rings is 1. The molecule has 1 N–H and O–H groups in total. The van der Waals surface area contributed by atoms with Crippen molar-refractivity contribution in [2.75, 3.05) is 38.3 Å². The molecule has 2 aliphatic heterocycles. The molecule has 1 aromatic heterocycles. The van der Waals surface area contributed by atoms with Crippen molar-refractivity contribution in [2.45, 2.75) is 38.4 Å². The Morgan fingerprint density at radius 3 is 3.03 bits per heavy atom. The van der Waals surface area contributed by atoms with Crippen LogP contribution in [0.2, 0.25) is 5.02 Å². The van der Waals surface area contributed by atoms with Gasteiger partial charge in [0.15, 0.2) is 11.5 Å². The van der Waals surface area contributed by atoms with E-state index in [1.807, 2.05) is 18.2 Å². The number of carbonyl (C=O) groups excluding carboxylic acids is 1. The maximum absolute atomic E-state index is 12.1. The Balaban J connectivity index is 1.68. The number of esters is 1. The minimum atomic E-state index is -0.549. The highest BCUT2D eigenvalue weighted by Gasteiger charge is 2.31. The fourth-order valence-electron chi connectivity index (χ4n) is 4.28. The number of hydrogen-bond acceptors (Lipinski definition) is 8. The molecule has 0 spiro atoms. The van der Waals surface area contributed by atoms with Gasteiger partial charge in [0, 0.05) is 30.6 Å². The first-order chi connectivity index (χ1) is 15.6. The Hall–Kier alpha value is -2.42. The van der Waals surface area contributed by atoms with Gasteiger partial charge in [-0.05, 0) is 48.9 Å². The molecule has 1 fully saturated rings. The second kappa shape index (κ2) is 10.5. The summed E-state index contributed by atoms with van der Waals surface area (Å²) in [4.78, 5) is 23.2. The van der Waals surface area contributed by atoms with Gasteiger partial charge < -0.3 is 24.2 Å². The molecule has 32 heavy (non-hydrogen) atoms. The maximum Gasteiger partial charge on any atom is 0.358 e. The standard InChI is InChI=1S/C23H28ClN3O5/c1-30-23(29)19-11-25-22-21(26-19)27(12-16-7-9-31-20(16)13-28)8-3-2-4-15-10-18(24)6-5-17(15)14-32-22/h5-6,10-11,16,20,28H,2-4,7-9,12-14H2,1H3/t16-,20-/m0/s1. The van der Waals surface area contributed by atoms with Crippen LogP contribution in [-0.2, 0) is 22.5 Å². The van der Waals surface area contributed by atoms with E-state index < -0.39 is 5.97 Å². The fraction of sp³-hybridized carbons (Fsp3) is 0.522. The van der Waals surface area contributed by atoms with Crippen LogP contribution in [-0.4, -0.2) is 60.6 Å². The molecule has 9 heteroatoms. The quantitative estimate of drug-likeness (QED) is 0.694. The van der Waals surface area contributed by atoms with Crippen molar-refractivity contribution in [1.29, 1.82) is 0 Å². The number of aromatic nitrogens is 2. The fourth-order valence-corrected chi connectivity index (χ4v) is 4.48. The monoisotopic (exact) mass is 461 g/mol. The van der Waals surface area contributed by atoms with Crippen LogP contribution in [0.15, 0.2) is 24.4 Å². The molecule has 0 bridgehead atoms. The first-order valence-corrected chi connectivity index (χ1v) is 11.3. The Labute approximate surface area is 192 Å². The predicted octanol–water partition coefficient (Wildman–Crippen LogP) is 3.04. The number of halogens is 1. The Bertz CT molecular complexity index is 957. The summed E-state index contributed by atoms with van der Waals surface area (Å²) < 4.78 is 16.6. The molecular formula is C23H28ClN3O5. The third-order valence-corrected chi connectivity index (χ3v) is 6.29. The Kier molecular flexibility index (Phi) is 7.44. The van der Waals surface area contributed by atoms with E-state index in [1.54, 1.807) is 0 Å². The van der Waals surface area contributed by atoms with Gasteiger partial charge in [0.1, 0.15) is 6.61 Å². The van der Waals surface area contributed by atoms with Crippen molar-refractivity contribution in [2.24, 2.45) is 5.92 Å². The summed E-state index contributed by atoms with van der Waals surface area (Å²) in [5, 5.41) is 10.4. The predicted molar refractivity (Wildman–Crippen MR) is 119 cm³/mol. The number of aliphatic hydroxyl groups is 1. The summed E-state index contributed by atoms with van der Waals surface area (Å²) >= 11 is 6.22.